The molecule has 2 aliphatic rings. The molecule has 19 heavy (non-hydrogen) atoms. The zero-order valence-corrected chi connectivity index (χ0v) is 14.9. The number of nitrogens with zero attached hydrogens (tertiary/aromatic N) is 1. The highest BCUT2D eigenvalue weighted by atomic mass is 15.2. The van der Waals surface area contributed by atoms with Gasteiger partial charge in [0, 0.05) is 12.6 Å². The van der Waals surface area contributed by atoms with Gasteiger partial charge >= 0.3 is 0 Å². The fraction of sp³-hybridized carbons (Fsp3) is 1.00. The summed E-state index contributed by atoms with van der Waals surface area (Å²) in [7, 11) is 2.32. The minimum Gasteiger partial charge on any atom is -0.303 e. The molecule has 0 N–H and O–H groups in total. The highest BCUT2D eigenvalue weighted by molar-refractivity contribution is 4.97. The van der Waals surface area contributed by atoms with E-state index in [2.05, 4.69) is 32.7 Å². The van der Waals surface area contributed by atoms with Crippen molar-refractivity contribution < 1.29 is 0 Å². The molecule has 0 aromatic heterocycles. The van der Waals surface area contributed by atoms with Crippen LogP contribution in [0.2, 0.25) is 0 Å². The fourth-order valence-electron chi connectivity index (χ4n) is 4.25. The van der Waals surface area contributed by atoms with Crippen LogP contribution in [0.1, 0.15) is 74.1 Å². The van der Waals surface area contributed by atoms with Crippen molar-refractivity contribution in [3.8, 4) is 0 Å². The Morgan fingerprint density at radius 2 is 1.58 bits per heavy atom. The fourth-order valence-corrected chi connectivity index (χ4v) is 4.25. The van der Waals surface area contributed by atoms with E-state index >= 15 is 0 Å². The molecule has 0 radical (unpaired) electrons. The monoisotopic (exact) mass is 269 g/mol. The second kappa shape index (κ2) is 9.80. The van der Waals surface area contributed by atoms with Crippen LogP contribution in [0.5, 0.6) is 0 Å². The molecule has 1 heteroatoms. The summed E-state index contributed by atoms with van der Waals surface area (Å²) in [4.78, 5) is 2.60. The average molecular weight is 270 g/mol. The predicted octanol–water partition coefficient (Wildman–Crippen LogP) is 5.45. The summed E-state index contributed by atoms with van der Waals surface area (Å²) in [6.07, 6.45) is 5.82. The van der Waals surface area contributed by atoms with Crippen LogP contribution in [0, 0.1) is 23.7 Å². The van der Waals surface area contributed by atoms with E-state index < -0.39 is 0 Å². The van der Waals surface area contributed by atoms with E-state index in [1.807, 2.05) is 27.7 Å². The van der Waals surface area contributed by atoms with Gasteiger partial charge in [-0.25, -0.2) is 0 Å². The topological polar surface area (TPSA) is 3.24 Å². The standard InChI is InChI=1S/C14H27N.2C2H6/c1-5-6-12-8-7-10(2)14-11(3)15(4)9-13(12)14;2*1-2/h10-14H,5-9H2,1-4H3;2*1-2H3. The average Bonchev–Trinajstić information content (AvgIpc) is 2.75. The molecule has 0 amide bonds. The molecule has 1 saturated carbocycles. The predicted molar refractivity (Wildman–Crippen MR) is 88.6 cm³/mol. The van der Waals surface area contributed by atoms with Crippen molar-refractivity contribution in [2.75, 3.05) is 13.6 Å². The molecule has 116 valence electrons. The first-order chi connectivity index (χ1) is 9.15. The molecule has 2 rings (SSSR count). The van der Waals surface area contributed by atoms with E-state index in [-0.39, 0.29) is 0 Å². The summed E-state index contributed by atoms with van der Waals surface area (Å²) >= 11 is 0. The summed E-state index contributed by atoms with van der Waals surface area (Å²) in [6, 6.07) is 0.824. The molecular weight excluding hydrogens is 230 g/mol. The van der Waals surface area contributed by atoms with Crippen LogP contribution in [-0.2, 0) is 0 Å². The van der Waals surface area contributed by atoms with Gasteiger partial charge in [-0.2, -0.15) is 0 Å². The minimum absolute atomic E-state index is 0.824. The van der Waals surface area contributed by atoms with E-state index in [9.17, 15) is 0 Å². The Morgan fingerprint density at radius 3 is 2.11 bits per heavy atom. The van der Waals surface area contributed by atoms with Gasteiger partial charge in [0.2, 0.25) is 0 Å². The van der Waals surface area contributed by atoms with Gasteiger partial charge in [0.15, 0.2) is 0 Å². The van der Waals surface area contributed by atoms with Crippen LogP contribution in [0.25, 0.3) is 0 Å². The van der Waals surface area contributed by atoms with Crippen molar-refractivity contribution in [3.63, 3.8) is 0 Å². The van der Waals surface area contributed by atoms with Gasteiger partial charge in [-0.3, -0.25) is 0 Å². The Bertz CT molecular complexity index is 214. The van der Waals surface area contributed by atoms with Crippen LogP contribution in [0.3, 0.4) is 0 Å². The van der Waals surface area contributed by atoms with Gasteiger partial charge < -0.3 is 4.90 Å². The zero-order valence-electron chi connectivity index (χ0n) is 14.9. The maximum Gasteiger partial charge on any atom is 0.00980 e. The summed E-state index contributed by atoms with van der Waals surface area (Å²) in [5.74, 6) is 3.99. The number of likely N-dealkylation sites (tertiary alicyclic amines) is 1. The SMILES string of the molecule is CC.CC.CCCC1CCC(C)C2C1CN(C)C2C. The van der Waals surface area contributed by atoms with Gasteiger partial charge in [-0.05, 0) is 44.1 Å². The van der Waals surface area contributed by atoms with Crippen molar-refractivity contribution in [2.24, 2.45) is 23.7 Å². The van der Waals surface area contributed by atoms with Crippen molar-refractivity contribution >= 4 is 0 Å². The van der Waals surface area contributed by atoms with E-state index in [1.165, 1.54) is 32.2 Å². The van der Waals surface area contributed by atoms with E-state index in [0.717, 1.165) is 29.7 Å². The Hall–Kier alpha value is -0.0400. The maximum absolute atomic E-state index is 2.60. The molecule has 5 atom stereocenters. The van der Waals surface area contributed by atoms with Gasteiger partial charge in [0.1, 0.15) is 0 Å². The Labute approximate surface area is 123 Å². The first-order valence-corrected chi connectivity index (χ1v) is 8.85. The first-order valence-electron chi connectivity index (χ1n) is 8.85. The molecular formula is C18H39N. The number of rotatable bonds is 2. The molecule has 2 fully saturated rings. The zero-order chi connectivity index (χ0) is 15.0. The molecule has 0 aromatic rings. The lowest BCUT2D eigenvalue weighted by Gasteiger charge is -2.39. The summed E-state index contributed by atoms with van der Waals surface area (Å²) < 4.78 is 0. The molecule has 1 aliphatic carbocycles. The third-order valence-corrected chi connectivity index (χ3v) is 5.16. The van der Waals surface area contributed by atoms with E-state index in [4.69, 9.17) is 0 Å². The molecule has 1 nitrogen and oxygen atoms in total. The van der Waals surface area contributed by atoms with Gasteiger partial charge in [0.05, 0.1) is 0 Å². The van der Waals surface area contributed by atoms with Crippen LogP contribution in [0.15, 0.2) is 0 Å². The van der Waals surface area contributed by atoms with Gasteiger partial charge in [-0.15, -0.1) is 0 Å². The highest BCUT2D eigenvalue weighted by Gasteiger charge is 2.45. The van der Waals surface area contributed by atoms with E-state index in [1.54, 1.807) is 0 Å². The Balaban J connectivity index is 0.000000741. The van der Waals surface area contributed by atoms with Crippen molar-refractivity contribution in [2.45, 2.75) is 80.2 Å². The number of hydrogen-bond donors (Lipinski definition) is 0. The second-order valence-corrected chi connectivity index (χ2v) is 6.02. The second-order valence-electron chi connectivity index (χ2n) is 6.02. The minimum atomic E-state index is 0.824. The highest BCUT2D eigenvalue weighted by Crippen LogP contribution is 2.47. The third-order valence-electron chi connectivity index (χ3n) is 5.16. The molecule has 1 saturated heterocycles. The maximum atomic E-state index is 2.60. The van der Waals surface area contributed by atoms with Crippen LogP contribution in [-0.4, -0.2) is 24.5 Å². The van der Waals surface area contributed by atoms with E-state index in [0.29, 0.717) is 0 Å². The van der Waals surface area contributed by atoms with Crippen molar-refractivity contribution in [1.29, 1.82) is 0 Å². The third kappa shape index (κ3) is 4.48. The van der Waals surface area contributed by atoms with Gasteiger partial charge in [0.25, 0.3) is 0 Å². The Kier molecular flexibility index (Phi) is 9.78. The van der Waals surface area contributed by atoms with Gasteiger partial charge in [-0.1, -0.05) is 60.8 Å². The lowest BCUT2D eigenvalue weighted by atomic mass is 9.66. The Morgan fingerprint density at radius 1 is 1.00 bits per heavy atom. The van der Waals surface area contributed by atoms with Crippen LogP contribution < -0.4 is 0 Å². The molecule has 5 unspecified atom stereocenters. The summed E-state index contributed by atoms with van der Waals surface area (Å²) in [5.41, 5.74) is 0. The number of fused-ring (bicyclic) bond motifs is 1. The largest absolute Gasteiger partial charge is 0.303 e. The molecule has 0 spiro atoms. The number of hydrogen-bond acceptors (Lipinski definition) is 1. The first kappa shape index (κ1) is 19.0. The quantitative estimate of drug-likeness (QED) is 0.644. The molecule has 0 bridgehead atoms. The molecule has 0 aromatic carbocycles. The van der Waals surface area contributed by atoms with Crippen LogP contribution in [0.4, 0.5) is 0 Å². The van der Waals surface area contributed by atoms with Crippen molar-refractivity contribution in [1.82, 2.24) is 4.90 Å². The molecule has 1 aliphatic heterocycles. The smallest absolute Gasteiger partial charge is 0.00980 e. The molecule has 1 heterocycles. The summed E-state index contributed by atoms with van der Waals surface area (Å²) in [5, 5.41) is 0. The van der Waals surface area contributed by atoms with Crippen molar-refractivity contribution in [3.05, 3.63) is 0 Å². The normalized spacial score (nSPS) is 37.6. The lowest BCUT2D eigenvalue weighted by Crippen LogP contribution is -2.35. The summed E-state index contributed by atoms with van der Waals surface area (Å²) in [6.45, 7) is 16.6. The lowest BCUT2D eigenvalue weighted by molar-refractivity contribution is 0.116. The van der Waals surface area contributed by atoms with Crippen LogP contribution >= 0.6 is 0 Å².